The second kappa shape index (κ2) is 6.94. The average molecular weight is 272 g/mol. The number of carbonyl (C=O) groups is 1. The highest BCUT2D eigenvalue weighted by molar-refractivity contribution is 5.85. The first-order chi connectivity index (χ1) is 9.67. The molecule has 0 aromatic heterocycles. The molecule has 3 heteroatoms. The largest absolute Gasteiger partial charge is 0.497 e. The fourth-order valence-corrected chi connectivity index (χ4v) is 2.60. The third kappa shape index (κ3) is 4.26. The molecule has 0 heterocycles. The standard InChI is InChI=1S/C10H10O3.C7H10/c1-13-9-5-2-8(3-6-9)4-7-10(11)12;1-2-7-4-3-6(1)5-7/h2-7H,1H3,(H,11,12);1-2,6-7H,3-5H2. The van der Waals surface area contributed by atoms with Gasteiger partial charge in [-0.15, -0.1) is 0 Å². The van der Waals surface area contributed by atoms with Crippen LogP contribution in [-0.2, 0) is 4.79 Å². The quantitative estimate of drug-likeness (QED) is 0.673. The van der Waals surface area contributed by atoms with Gasteiger partial charge in [-0.05, 0) is 54.9 Å². The number of benzene rings is 1. The SMILES string of the molecule is C1=CC2CCC1C2.COc1ccc(C=CC(=O)O)cc1. The van der Waals surface area contributed by atoms with Gasteiger partial charge in [-0.1, -0.05) is 24.3 Å². The predicted molar refractivity (Wildman–Crippen MR) is 79.6 cm³/mol. The summed E-state index contributed by atoms with van der Waals surface area (Å²) in [6.07, 6.45) is 11.8. The van der Waals surface area contributed by atoms with E-state index in [1.54, 1.807) is 31.4 Å². The zero-order chi connectivity index (χ0) is 14.4. The van der Waals surface area contributed by atoms with E-state index in [9.17, 15) is 4.79 Å². The first-order valence-corrected chi connectivity index (χ1v) is 6.91. The number of ether oxygens (including phenoxy) is 1. The number of allylic oxidation sites excluding steroid dienone is 2. The molecule has 2 aliphatic carbocycles. The van der Waals surface area contributed by atoms with E-state index >= 15 is 0 Å². The molecule has 1 aromatic carbocycles. The maximum absolute atomic E-state index is 10.2. The smallest absolute Gasteiger partial charge is 0.328 e. The minimum Gasteiger partial charge on any atom is -0.497 e. The van der Waals surface area contributed by atoms with Gasteiger partial charge in [-0.3, -0.25) is 0 Å². The molecule has 2 aliphatic rings. The van der Waals surface area contributed by atoms with Crippen molar-refractivity contribution in [2.45, 2.75) is 19.3 Å². The molecule has 2 atom stereocenters. The molecule has 0 radical (unpaired) electrons. The van der Waals surface area contributed by atoms with Gasteiger partial charge < -0.3 is 9.84 Å². The van der Waals surface area contributed by atoms with Crippen LogP contribution in [0.4, 0.5) is 0 Å². The van der Waals surface area contributed by atoms with Crippen LogP contribution >= 0.6 is 0 Å². The van der Waals surface area contributed by atoms with Gasteiger partial charge in [-0.25, -0.2) is 4.79 Å². The summed E-state index contributed by atoms with van der Waals surface area (Å²) in [4.78, 5) is 10.2. The van der Waals surface area contributed by atoms with Crippen LogP contribution in [0.3, 0.4) is 0 Å². The van der Waals surface area contributed by atoms with Crippen molar-refractivity contribution in [1.29, 1.82) is 0 Å². The summed E-state index contributed by atoms with van der Waals surface area (Å²) >= 11 is 0. The van der Waals surface area contributed by atoms with Crippen molar-refractivity contribution in [3.63, 3.8) is 0 Å². The van der Waals surface area contributed by atoms with Crippen LogP contribution in [-0.4, -0.2) is 18.2 Å². The van der Waals surface area contributed by atoms with Crippen molar-refractivity contribution < 1.29 is 14.6 Å². The molecular formula is C17H20O3. The highest BCUT2D eigenvalue weighted by Gasteiger charge is 2.25. The summed E-state index contributed by atoms with van der Waals surface area (Å²) in [7, 11) is 1.59. The van der Waals surface area contributed by atoms with E-state index in [0.29, 0.717) is 0 Å². The summed E-state index contributed by atoms with van der Waals surface area (Å²) < 4.78 is 4.95. The van der Waals surface area contributed by atoms with Crippen LogP contribution in [0.1, 0.15) is 24.8 Å². The Morgan fingerprint density at radius 2 is 1.80 bits per heavy atom. The normalized spacial score (nSPS) is 22.6. The summed E-state index contributed by atoms with van der Waals surface area (Å²) in [5.74, 6) is 1.79. The minimum atomic E-state index is -0.948. The molecule has 1 fully saturated rings. The van der Waals surface area contributed by atoms with Gasteiger partial charge >= 0.3 is 5.97 Å². The van der Waals surface area contributed by atoms with Crippen molar-refractivity contribution in [3.8, 4) is 5.75 Å². The monoisotopic (exact) mass is 272 g/mol. The lowest BCUT2D eigenvalue weighted by molar-refractivity contribution is -0.131. The summed E-state index contributed by atoms with van der Waals surface area (Å²) in [6, 6.07) is 7.14. The lowest BCUT2D eigenvalue weighted by atomic mass is 10.1. The topological polar surface area (TPSA) is 46.5 Å². The van der Waals surface area contributed by atoms with Gasteiger partial charge in [-0.2, -0.15) is 0 Å². The molecule has 0 saturated heterocycles. The molecule has 0 aliphatic heterocycles. The second-order valence-electron chi connectivity index (χ2n) is 5.16. The van der Waals surface area contributed by atoms with Crippen molar-refractivity contribution in [2.75, 3.05) is 7.11 Å². The summed E-state index contributed by atoms with van der Waals surface area (Å²) in [5, 5.41) is 8.36. The van der Waals surface area contributed by atoms with Gasteiger partial charge in [0, 0.05) is 6.08 Å². The average Bonchev–Trinajstić information content (AvgIpc) is 3.11. The maximum atomic E-state index is 10.2. The van der Waals surface area contributed by atoms with Crippen LogP contribution in [0.15, 0.2) is 42.5 Å². The van der Waals surface area contributed by atoms with Crippen LogP contribution in [0.5, 0.6) is 5.75 Å². The Bertz CT molecular complexity index is 487. The van der Waals surface area contributed by atoms with E-state index in [2.05, 4.69) is 12.2 Å². The molecule has 1 saturated carbocycles. The van der Waals surface area contributed by atoms with E-state index in [-0.39, 0.29) is 0 Å². The van der Waals surface area contributed by atoms with Crippen molar-refractivity contribution in [1.82, 2.24) is 0 Å². The Labute approximate surface area is 119 Å². The van der Waals surface area contributed by atoms with E-state index in [1.165, 1.54) is 25.3 Å². The molecular weight excluding hydrogens is 252 g/mol. The fourth-order valence-electron chi connectivity index (χ4n) is 2.60. The number of fused-ring (bicyclic) bond motifs is 2. The molecule has 1 aromatic rings. The van der Waals surface area contributed by atoms with Crippen LogP contribution in [0.25, 0.3) is 6.08 Å². The lowest BCUT2D eigenvalue weighted by Crippen LogP contribution is -1.86. The van der Waals surface area contributed by atoms with Gasteiger partial charge in [0.1, 0.15) is 5.75 Å². The number of carboxylic acids is 1. The number of aliphatic carboxylic acids is 1. The fraction of sp³-hybridized carbons (Fsp3) is 0.353. The van der Waals surface area contributed by atoms with Crippen molar-refractivity contribution >= 4 is 12.0 Å². The molecule has 20 heavy (non-hydrogen) atoms. The molecule has 3 rings (SSSR count). The number of hydrogen-bond donors (Lipinski definition) is 1. The Kier molecular flexibility index (Phi) is 4.99. The molecule has 106 valence electrons. The number of methoxy groups -OCH3 is 1. The second-order valence-corrected chi connectivity index (χ2v) is 5.16. The zero-order valence-corrected chi connectivity index (χ0v) is 11.7. The lowest BCUT2D eigenvalue weighted by Gasteiger charge is -1.98. The molecule has 3 nitrogen and oxygen atoms in total. The molecule has 0 amide bonds. The zero-order valence-electron chi connectivity index (χ0n) is 11.7. The van der Waals surface area contributed by atoms with E-state index in [4.69, 9.17) is 9.84 Å². The van der Waals surface area contributed by atoms with Gasteiger partial charge in [0.05, 0.1) is 7.11 Å². The highest BCUT2D eigenvalue weighted by Crippen LogP contribution is 2.38. The Morgan fingerprint density at radius 3 is 2.15 bits per heavy atom. The molecule has 2 bridgehead atoms. The number of hydrogen-bond acceptors (Lipinski definition) is 2. The Balaban J connectivity index is 0.000000173. The van der Waals surface area contributed by atoms with Crippen LogP contribution < -0.4 is 4.74 Å². The van der Waals surface area contributed by atoms with Gasteiger partial charge in [0.2, 0.25) is 0 Å². The van der Waals surface area contributed by atoms with E-state index in [1.807, 2.05) is 0 Å². The third-order valence-corrected chi connectivity index (χ3v) is 3.70. The molecule has 0 spiro atoms. The number of carboxylic acid groups (broad SMARTS) is 1. The van der Waals surface area contributed by atoms with E-state index < -0.39 is 5.97 Å². The maximum Gasteiger partial charge on any atom is 0.328 e. The van der Waals surface area contributed by atoms with E-state index in [0.717, 1.165) is 29.2 Å². The number of rotatable bonds is 3. The highest BCUT2D eigenvalue weighted by atomic mass is 16.5. The predicted octanol–water partition coefficient (Wildman–Crippen LogP) is 3.77. The van der Waals surface area contributed by atoms with Crippen molar-refractivity contribution in [2.24, 2.45) is 11.8 Å². The van der Waals surface area contributed by atoms with Crippen LogP contribution in [0.2, 0.25) is 0 Å². The Morgan fingerprint density at radius 1 is 1.20 bits per heavy atom. The minimum absolute atomic E-state index is 0.757. The first-order valence-electron chi connectivity index (χ1n) is 6.91. The molecule has 1 N–H and O–H groups in total. The first kappa shape index (κ1) is 14.4. The Hall–Kier alpha value is -2.03. The van der Waals surface area contributed by atoms with Crippen LogP contribution in [0, 0.1) is 11.8 Å². The third-order valence-electron chi connectivity index (χ3n) is 3.70. The van der Waals surface area contributed by atoms with Gasteiger partial charge in [0.15, 0.2) is 0 Å². The summed E-state index contributed by atoms with van der Waals surface area (Å²) in [5.41, 5.74) is 0.836. The van der Waals surface area contributed by atoms with Crippen molar-refractivity contribution in [3.05, 3.63) is 48.1 Å². The van der Waals surface area contributed by atoms with Gasteiger partial charge in [0.25, 0.3) is 0 Å². The molecule has 2 unspecified atom stereocenters. The summed E-state index contributed by atoms with van der Waals surface area (Å²) in [6.45, 7) is 0.